The normalized spacial score (nSPS) is 12.5. The number of fused-ring (bicyclic) bond motifs is 1. The number of carbonyl (C=O) groups is 2. The van der Waals surface area contributed by atoms with Crippen LogP contribution in [0.5, 0.6) is 11.5 Å². The van der Waals surface area contributed by atoms with Crippen LogP contribution in [0.3, 0.4) is 0 Å². The summed E-state index contributed by atoms with van der Waals surface area (Å²) in [6.45, 7) is 0.908. The molecule has 1 aliphatic rings. The molecule has 0 bridgehead atoms. The molecule has 2 N–H and O–H groups in total. The van der Waals surface area contributed by atoms with Crippen molar-refractivity contribution in [2.45, 2.75) is 11.6 Å². The number of rotatable bonds is 6. The molecule has 8 nitrogen and oxygen atoms in total. The van der Waals surface area contributed by atoms with Crippen LogP contribution in [0, 0.1) is 0 Å². The number of nitrogens with zero attached hydrogens (tertiary/aromatic N) is 2. The largest absolute Gasteiger partial charge is 0.493 e. The third-order valence-electron chi connectivity index (χ3n) is 5.12. The molecule has 0 aliphatic carbocycles. The molecule has 0 atom stereocenters. The molecule has 1 aliphatic heterocycles. The molecule has 9 heteroatoms. The average Bonchev–Trinajstić information content (AvgIpc) is 2.86. The zero-order chi connectivity index (χ0) is 23.2. The standard InChI is InChI=1S/C24H24N4O4S/c1-31-20-9-8-16(13-21(20)32-2)15-26-22(29)17-5-3-6-18(14-17)27-24(30)28-11-12-33-23-19(28)7-4-10-25-23/h3-10,13-14H,11-12,15H2,1-2H3,(H,26,29)(H,27,30). The number of amides is 3. The van der Waals surface area contributed by atoms with E-state index in [2.05, 4.69) is 15.6 Å². The average molecular weight is 465 g/mol. The SMILES string of the molecule is COc1ccc(CNC(=O)c2cccc(NC(=O)N3CCSc4ncccc43)c2)cc1OC. The van der Waals surface area contributed by atoms with Crippen LogP contribution in [0.4, 0.5) is 16.2 Å². The van der Waals surface area contributed by atoms with Gasteiger partial charge >= 0.3 is 6.03 Å². The first-order valence-electron chi connectivity index (χ1n) is 10.3. The van der Waals surface area contributed by atoms with Crippen LogP contribution in [0.25, 0.3) is 0 Å². The molecule has 3 aromatic rings. The maximum Gasteiger partial charge on any atom is 0.326 e. The monoisotopic (exact) mass is 464 g/mol. The smallest absolute Gasteiger partial charge is 0.326 e. The van der Waals surface area contributed by atoms with Gasteiger partial charge in [-0.3, -0.25) is 9.69 Å². The minimum absolute atomic E-state index is 0.246. The fraction of sp³-hybridized carbons (Fsp3) is 0.208. The number of ether oxygens (including phenoxy) is 2. The van der Waals surface area contributed by atoms with Gasteiger partial charge in [0.15, 0.2) is 11.5 Å². The Morgan fingerprint density at radius 2 is 1.91 bits per heavy atom. The molecule has 1 aromatic heterocycles. The van der Waals surface area contributed by atoms with E-state index in [1.807, 2.05) is 24.3 Å². The molecule has 33 heavy (non-hydrogen) atoms. The molecule has 0 saturated heterocycles. The molecule has 0 unspecified atom stereocenters. The highest BCUT2D eigenvalue weighted by atomic mass is 32.2. The lowest BCUT2D eigenvalue weighted by atomic mass is 10.1. The van der Waals surface area contributed by atoms with Gasteiger partial charge in [0.1, 0.15) is 5.03 Å². The van der Waals surface area contributed by atoms with E-state index in [-0.39, 0.29) is 11.9 Å². The Balaban J connectivity index is 1.41. The fourth-order valence-electron chi connectivity index (χ4n) is 3.47. The summed E-state index contributed by atoms with van der Waals surface area (Å²) >= 11 is 1.63. The van der Waals surface area contributed by atoms with Gasteiger partial charge in [-0.05, 0) is 48.0 Å². The second kappa shape index (κ2) is 10.3. The zero-order valence-electron chi connectivity index (χ0n) is 18.3. The molecular formula is C24H24N4O4S. The summed E-state index contributed by atoms with van der Waals surface area (Å²) in [5.74, 6) is 1.75. The van der Waals surface area contributed by atoms with E-state index in [0.29, 0.717) is 35.8 Å². The van der Waals surface area contributed by atoms with Crippen LogP contribution in [-0.2, 0) is 6.54 Å². The Hall–Kier alpha value is -3.72. The van der Waals surface area contributed by atoms with Gasteiger partial charge in [-0.25, -0.2) is 9.78 Å². The van der Waals surface area contributed by atoms with Crippen LogP contribution in [0.2, 0.25) is 0 Å². The first-order valence-corrected chi connectivity index (χ1v) is 11.3. The van der Waals surface area contributed by atoms with Crippen molar-refractivity contribution in [3.8, 4) is 11.5 Å². The number of thioether (sulfide) groups is 1. The highest BCUT2D eigenvalue weighted by Gasteiger charge is 2.23. The number of anilines is 2. The second-order valence-corrected chi connectivity index (χ2v) is 8.29. The summed E-state index contributed by atoms with van der Waals surface area (Å²) in [4.78, 5) is 31.6. The van der Waals surface area contributed by atoms with Crippen LogP contribution in [0.1, 0.15) is 15.9 Å². The van der Waals surface area contributed by atoms with Crippen molar-refractivity contribution in [1.82, 2.24) is 10.3 Å². The molecule has 0 spiro atoms. The van der Waals surface area contributed by atoms with E-state index in [1.165, 1.54) is 0 Å². The van der Waals surface area contributed by atoms with Crippen molar-refractivity contribution < 1.29 is 19.1 Å². The lowest BCUT2D eigenvalue weighted by Gasteiger charge is -2.28. The van der Waals surface area contributed by atoms with Gasteiger partial charge in [-0.15, -0.1) is 11.8 Å². The first-order chi connectivity index (χ1) is 16.1. The number of nitrogens with one attached hydrogen (secondary N) is 2. The zero-order valence-corrected chi connectivity index (χ0v) is 19.1. The van der Waals surface area contributed by atoms with Gasteiger partial charge in [0.25, 0.3) is 5.91 Å². The predicted octanol–water partition coefficient (Wildman–Crippen LogP) is 4.17. The van der Waals surface area contributed by atoms with Crippen molar-refractivity contribution in [3.63, 3.8) is 0 Å². The summed E-state index contributed by atoms with van der Waals surface area (Å²) in [6, 6.07) is 15.8. The molecule has 2 aromatic carbocycles. The molecule has 170 valence electrons. The maximum absolute atomic E-state index is 12.9. The van der Waals surface area contributed by atoms with E-state index in [0.717, 1.165) is 22.0 Å². The lowest BCUT2D eigenvalue weighted by molar-refractivity contribution is 0.0951. The minimum Gasteiger partial charge on any atom is -0.493 e. The Bertz CT molecular complexity index is 1170. The van der Waals surface area contributed by atoms with Gasteiger partial charge in [0.2, 0.25) is 0 Å². The molecule has 0 radical (unpaired) electrons. The highest BCUT2D eigenvalue weighted by molar-refractivity contribution is 7.99. The van der Waals surface area contributed by atoms with Gasteiger partial charge in [0.05, 0.1) is 19.9 Å². The number of hydrogen-bond donors (Lipinski definition) is 2. The Labute approximate surface area is 196 Å². The second-order valence-electron chi connectivity index (χ2n) is 7.21. The quantitative estimate of drug-likeness (QED) is 0.569. The first kappa shape index (κ1) is 22.5. The molecular weight excluding hydrogens is 440 g/mol. The number of hydrogen-bond acceptors (Lipinski definition) is 6. The minimum atomic E-state index is -0.257. The molecule has 3 amide bonds. The maximum atomic E-state index is 12.9. The fourth-order valence-corrected chi connectivity index (χ4v) is 4.40. The van der Waals surface area contributed by atoms with E-state index >= 15 is 0 Å². The Morgan fingerprint density at radius 1 is 1.06 bits per heavy atom. The van der Waals surface area contributed by atoms with Crippen molar-refractivity contribution in [2.75, 3.05) is 36.7 Å². The molecule has 2 heterocycles. The summed E-state index contributed by atoms with van der Waals surface area (Å²) in [6.07, 6.45) is 1.72. The Kier molecular flexibility index (Phi) is 6.99. The Morgan fingerprint density at radius 3 is 2.73 bits per heavy atom. The van der Waals surface area contributed by atoms with Crippen LogP contribution in [-0.4, -0.2) is 43.4 Å². The van der Waals surface area contributed by atoms with Gasteiger partial charge in [-0.2, -0.15) is 0 Å². The number of aromatic nitrogens is 1. The predicted molar refractivity (Wildman–Crippen MR) is 128 cm³/mol. The number of carbonyl (C=O) groups excluding carboxylic acids is 2. The number of benzene rings is 2. The highest BCUT2D eigenvalue weighted by Crippen LogP contribution is 2.32. The summed E-state index contributed by atoms with van der Waals surface area (Å²) in [5, 5.41) is 6.62. The number of urea groups is 1. The summed E-state index contributed by atoms with van der Waals surface area (Å²) in [7, 11) is 3.14. The van der Waals surface area contributed by atoms with Crippen LogP contribution >= 0.6 is 11.8 Å². The molecule has 0 saturated carbocycles. The molecule has 0 fully saturated rings. The van der Waals surface area contributed by atoms with Gasteiger partial charge in [0, 0.05) is 36.3 Å². The van der Waals surface area contributed by atoms with E-state index in [4.69, 9.17) is 9.47 Å². The van der Waals surface area contributed by atoms with Crippen LogP contribution in [0.15, 0.2) is 65.8 Å². The third kappa shape index (κ3) is 5.20. The van der Waals surface area contributed by atoms with Gasteiger partial charge < -0.3 is 20.1 Å². The van der Waals surface area contributed by atoms with E-state index in [1.54, 1.807) is 67.4 Å². The molecule has 4 rings (SSSR count). The van der Waals surface area contributed by atoms with E-state index < -0.39 is 0 Å². The number of methoxy groups -OCH3 is 2. The topological polar surface area (TPSA) is 92.8 Å². The van der Waals surface area contributed by atoms with Crippen molar-refractivity contribution in [3.05, 3.63) is 71.9 Å². The number of pyridine rings is 1. The van der Waals surface area contributed by atoms with Crippen molar-refractivity contribution in [2.24, 2.45) is 0 Å². The van der Waals surface area contributed by atoms with Crippen molar-refractivity contribution in [1.29, 1.82) is 0 Å². The summed E-state index contributed by atoms with van der Waals surface area (Å²) < 4.78 is 10.5. The van der Waals surface area contributed by atoms with E-state index in [9.17, 15) is 9.59 Å². The lowest BCUT2D eigenvalue weighted by Crippen LogP contribution is -2.38. The third-order valence-corrected chi connectivity index (χ3v) is 6.09. The van der Waals surface area contributed by atoms with Crippen LogP contribution < -0.4 is 25.0 Å². The van der Waals surface area contributed by atoms with Gasteiger partial charge in [-0.1, -0.05) is 12.1 Å². The summed E-state index contributed by atoms with van der Waals surface area (Å²) in [5.41, 5.74) is 2.66. The van der Waals surface area contributed by atoms with Crippen molar-refractivity contribution >= 4 is 35.1 Å².